The molecule has 1 rings (SSSR count). The molecule has 18 heavy (non-hydrogen) atoms. The van der Waals surface area contributed by atoms with E-state index in [1.165, 1.54) is 0 Å². The van der Waals surface area contributed by atoms with E-state index in [-0.39, 0.29) is 0 Å². The van der Waals surface area contributed by atoms with Gasteiger partial charge >= 0.3 is 11.9 Å². The minimum atomic E-state index is -0.956. The lowest BCUT2D eigenvalue weighted by Crippen LogP contribution is -2.35. The average molecular weight is 256 g/mol. The summed E-state index contributed by atoms with van der Waals surface area (Å²) in [5, 5.41) is 18.2. The van der Waals surface area contributed by atoms with Crippen LogP contribution >= 0.6 is 0 Å². The van der Waals surface area contributed by atoms with Crippen LogP contribution in [0.1, 0.15) is 52.4 Å². The van der Waals surface area contributed by atoms with E-state index in [9.17, 15) is 9.59 Å². The molecule has 0 saturated heterocycles. The van der Waals surface area contributed by atoms with Gasteiger partial charge in [-0.15, -0.1) is 0 Å². The van der Waals surface area contributed by atoms with Crippen molar-refractivity contribution < 1.29 is 19.8 Å². The van der Waals surface area contributed by atoms with Gasteiger partial charge in [0.05, 0.1) is 11.8 Å². The standard InChI is InChI=1S/C14H24O4/c1-9(2)4-3-5-10-6-7-11(13(15)16)12(8-10)14(17)18/h9-12H,3-8H2,1-2H3,(H,15,16)(H,17,18)/t10-,11-,12+/m1/s1. The van der Waals surface area contributed by atoms with E-state index in [2.05, 4.69) is 13.8 Å². The molecule has 0 heterocycles. The number of hydrogen-bond donors (Lipinski definition) is 2. The third-order valence-electron chi connectivity index (χ3n) is 3.99. The molecular weight excluding hydrogens is 232 g/mol. The first-order valence-corrected chi connectivity index (χ1v) is 6.87. The maximum absolute atomic E-state index is 11.1. The lowest BCUT2D eigenvalue weighted by molar-refractivity contribution is -0.156. The first kappa shape index (κ1) is 15.0. The van der Waals surface area contributed by atoms with Gasteiger partial charge in [0.25, 0.3) is 0 Å². The van der Waals surface area contributed by atoms with Gasteiger partial charge in [-0.1, -0.05) is 33.1 Å². The summed E-state index contributed by atoms with van der Waals surface area (Å²) in [5.74, 6) is -2.22. The SMILES string of the molecule is CC(C)CCC[C@@H]1CC[C@@H](C(=O)O)[C@@H](C(=O)O)C1. The molecule has 0 bridgehead atoms. The summed E-state index contributed by atoms with van der Waals surface area (Å²) in [6.07, 6.45) is 5.22. The summed E-state index contributed by atoms with van der Waals surface area (Å²) in [5.41, 5.74) is 0. The molecule has 0 aromatic carbocycles. The molecule has 0 aromatic rings. The van der Waals surface area contributed by atoms with Crippen molar-refractivity contribution in [2.45, 2.75) is 52.4 Å². The molecule has 0 radical (unpaired) electrons. The van der Waals surface area contributed by atoms with Gasteiger partial charge in [-0.2, -0.15) is 0 Å². The molecule has 1 aliphatic carbocycles. The quantitative estimate of drug-likeness (QED) is 0.766. The maximum Gasteiger partial charge on any atom is 0.307 e. The van der Waals surface area contributed by atoms with E-state index in [0.29, 0.717) is 24.7 Å². The zero-order valence-electron chi connectivity index (χ0n) is 11.3. The monoisotopic (exact) mass is 256 g/mol. The largest absolute Gasteiger partial charge is 0.481 e. The van der Waals surface area contributed by atoms with Gasteiger partial charge in [0.1, 0.15) is 0 Å². The van der Waals surface area contributed by atoms with Crippen molar-refractivity contribution in [3.8, 4) is 0 Å². The predicted molar refractivity (Wildman–Crippen MR) is 68.3 cm³/mol. The molecule has 0 amide bonds. The zero-order valence-corrected chi connectivity index (χ0v) is 11.3. The Labute approximate surface area is 108 Å². The molecule has 1 fully saturated rings. The minimum Gasteiger partial charge on any atom is -0.481 e. The van der Waals surface area contributed by atoms with Crippen LogP contribution in [0.2, 0.25) is 0 Å². The molecule has 0 spiro atoms. The fourth-order valence-corrected chi connectivity index (χ4v) is 2.90. The molecule has 0 aliphatic heterocycles. The fraction of sp³-hybridized carbons (Fsp3) is 0.857. The Morgan fingerprint density at radius 3 is 2.22 bits per heavy atom. The molecule has 104 valence electrons. The van der Waals surface area contributed by atoms with E-state index >= 15 is 0 Å². The van der Waals surface area contributed by atoms with Gasteiger partial charge in [0.15, 0.2) is 0 Å². The van der Waals surface area contributed by atoms with E-state index in [1.807, 2.05) is 0 Å². The second-order valence-electron chi connectivity index (χ2n) is 5.89. The van der Waals surface area contributed by atoms with Crippen LogP contribution in [0.25, 0.3) is 0 Å². The number of carboxylic acids is 2. The highest BCUT2D eigenvalue weighted by molar-refractivity contribution is 5.80. The summed E-state index contributed by atoms with van der Waals surface area (Å²) < 4.78 is 0. The van der Waals surface area contributed by atoms with Crippen LogP contribution in [-0.4, -0.2) is 22.2 Å². The summed E-state index contributed by atoms with van der Waals surface area (Å²) in [6, 6.07) is 0. The van der Waals surface area contributed by atoms with Gasteiger partial charge in [-0.3, -0.25) is 9.59 Å². The third kappa shape index (κ3) is 4.31. The van der Waals surface area contributed by atoms with Crippen LogP contribution in [0.15, 0.2) is 0 Å². The normalized spacial score (nSPS) is 28.3. The topological polar surface area (TPSA) is 74.6 Å². The Morgan fingerprint density at radius 2 is 1.72 bits per heavy atom. The first-order chi connectivity index (χ1) is 8.41. The van der Waals surface area contributed by atoms with Crippen molar-refractivity contribution in [1.29, 1.82) is 0 Å². The van der Waals surface area contributed by atoms with Crippen LogP contribution < -0.4 is 0 Å². The van der Waals surface area contributed by atoms with E-state index in [4.69, 9.17) is 10.2 Å². The summed E-state index contributed by atoms with van der Waals surface area (Å²) in [7, 11) is 0. The lowest BCUT2D eigenvalue weighted by atomic mass is 9.72. The van der Waals surface area contributed by atoms with Crippen molar-refractivity contribution in [3.05, 3.63) is 0 Å². The van der Waals surface area contributed by atoms with Crippen molar-refractivity contribution in [1.82, 2.24) is 0 Å². The van der Waals surface area contributed by atoms with Gasteiger partial charge in [-0.05, 0) is 31.1 Å². The molecule has 1 aliphatic rings. The highest BCUT2D eigenvalue weighted by Gasteiger charge is 2.39. The van der Waals surface area contributed by atoms with Crippen molar-refractivity contribution in [3.63, 3.8) is 0 Å². The molecule has 4 nitrogen and oxygen atoms in total. The third-order valence-corrected chi connectivity index (χ3v) is 3.99. The summed E-state index contributed by atoms with van der Waals surface area (Å²) >= 11 is 0. The van der Waals surface area contributed by atoms with Crippen molar-refractivity contribution >= 4 is 11.9 Å². The van der Waals surface area contributed by atoms with Crippen molar-refractivity contribution in [2.75, 3.05) is 0 Å². The van der Waals surface area contributed by atoms with E-state index < -0.39 is 23.8 Å². The number of hydrogen-bond acceptors (Lipinski definition) is 2. The van der Waals surface area contributed by atoms with Gasteiger partial charge in [0, 0.05) is 0 Å². The Bertz CT molecular complexity index is 298. The maximum atomic E-state index is 11.1. The summed E-state index contributed by atoms with van der Waals surface area (Å²) in [4.78, 5) is 22.1. The first-order valence-electron chi connectivity index (χ1n) is 6.87. The Hall–Kier alpha value is -1.06. The Morgan fingerprint density at radius 1 is 1.11 bits per heavy atom. The number of carboxylic acid groups (broad SMARTS) is 2. The van der Waals surface area contributed by atoms with Crippen LogP contribution in [0.4, 0.5) is 0 Å². The van der Waals surface area contributed by atoms with Crippen molar-refractivity contribution in [2.24, 2.45) is 23.7 Å². The average Bonchev–Trinajstić information content (AvgIpc) is 2.28. The molecule has 3 atom stereocenters. The number of aliphatic carboxylic acids is 2. The molecule has 0 unspecified atom stereocenters. The van der Waals surface area contributed by atoms with Crippen LogP contribution in [-0.2, 0) is 9.59 Å². The highest BCUT2D eigenvalue weighted by atomic mass is 16.4. The van der Waals surface area contributed by atoms with Gasteiger partial charge in [-0.25, -0.2) is 0 Å². The minimum absolute atomic E-state index is 0.389. The van der Waals surface area contributed by atoms with Crippen LogP contribution in [0.5, 0.6) is 0 Å². The number of rotatable bonds is 6. The van der Waals surface area contributed by atoms with E-state index in [0.717, 1.165) is 25.7 Å². The Balaban J connectivity index is 2.47. The Kier molecular flexibility index (Phi) is 5.63. The fourth-order valence-electron chi connectivity index (χ4n) is 2.90. The predicted octanol–water partition coefficient (Wildman–Crippen LogP) is 3.01. The van der Waals surface area contributed by atoms with Crippen LogP contribution in [0.3, 0.4) is 0 Å². The smallest absolute Gasteiger partial charge is 0.307 e. The second-order valence-corrected chi connectivity index (χ2v) is 5.89. The summed E-state index contributed by atoms with van der Waals surface area (Å²) in [6.45, 7) is 4.36. The molecule has 0 aromatic heterocycles. The zero-order chi connectivity index (χ0) is 13.7. The lowest BCUT2D eigenvalue weighted by Gasteiger charge is -2.31. The van der Waals surface area contributed by atoms with Gasteiger partial charge < -0.3 is 10.2 Å². The molecule has 4 heteroatoms. The molecule has 2 N–H and O–H groups in total. The number of carbonyl (C=O) groups is 2. The second kappa shape index (κ2) is 6.76. The molecule has 1 saturated carbocycles. The molecular formula is C14H24O4. The highest BCUT2D eigenvalue weighted by Crippen LogP contribution is 2.37. The van der Waals surface area contributed by atoms with E-state index in [1.54, 1.807) is 0 Å². The van der Waals surface area contributed by atoms with Gasteiger partial charge in [0.2, 0.25) is 0 Å². The van der Waals surface area contributed by atoms with Crippen LogP contribution in [0, 0.1) is 23.7 Å².